The summed E-state index contributed by atoms with van der Waals surface area (Å²) < 4.78 is 85.1. The Balaban J connectivity index is 1.50. The Hall–Kier alpha value is -3.20. The molecule has 0 atom stereocenters. The number of aromatic hydroxyl groups is 1. The minimum Gasteiger partial charge on any atom is -0.507 e. The normalized spacial score (nSPS) is 17.0. The molecule has 200 valence electrons. The maximum absolute atomic E-state index is 13.5. The Morgan fingerprint density at radius 1 is 1.05 bits per heavy atom. The van der Waals surface area contributed by atoms with Crippen molar-refractivity contribution in [3.8, 4) is 40.0 Å². The van der Waals surface area contributed by atoms with Crippen molar-refractivity contribution in [2.75, 3.05) is 32.8 Å². The van der Waals surface area contributed by atoms with Crippen molar-refractivity contribution in [1.82, 2.24) is 15.1 Å². The summed E-state index contributed by atoms with van der Waals surface area (Å²) in [5.74, 6) is 5.35. The zero-order chi connectivity index (χ0) is 27.3. The number of benzene rings is 2. The van der Waals surface area contributed by atoms with Gasteiger partial charge in [0, 0.05) is 48.2 Å². The fourth-order valence-corrected chi connectivity index (χ4v) is 4.94. The van der Waals surface area contributed by atoms with Gasteiger partial charge in [0.25, 0.3) is 0 Å². The molecule has 2 N–H and O–H groups in total. The van der Waals surface area contributed by atoms with Gasteiger partial charge in [0.05, 0.1) is 29.5 Å². The van der Waals surface area contributed by atoms with E-state index in [0.29, 0.717) is 19.0 Å². The highest BCUT2D eigenvalue weighted by atomic mass is 35.5. The summed E-state index contributed by atoms with van der Waals surface area (Å²) in [6.45, 7) is 4.05. The van der Waals surface area contributed by atoms with Crippen molar-refractivity contribution < 1.29 is 36.2 Å². The van der Waals surface area contributed by atoms with Crippen LogP contribution < -0.4 is 0 Å². The van der Waals surface area contributed by atoms with E-state index in [0.717, 1.165) is 38.4 Å². The number of rotatable bonds is 4. The first-order valence-electron chi connectivity index (χ1n) is 11.5. The predicted molar refractivity (Wildman–Crippen MR) is 127 cm³/mol. The molecule has 3 aromatic rings. The van der Waals surface area contributed by atoms with E-state index >= 15 is 0 Å². The summed E-state index contributed by atoms with van der Waals surface area (Å²) in [5, 5.41) is 16.0. The molecule has 2 aliphatic heterocycles. The van der Waals surface area contributed by atoms with E-state index in [-0.39, 0.29) is 33.4 Å². The molecule has 38 heavy (non-hydrogen) atoms. The van der Waals surface area contributed by atoms with Gasteiger partial charge in [-0.15, -0.1) is 0 Å². The SMILES string of the molecule is Oc1c(-c2cc(C(F)(F)F)n[nH]2)ccc(C#CCCN2CC3(COC3)C2)c1-c1ccc(Cl)c(C(F)(F)F)c1. The molecule has 0 bridgehead atoms. The summed E-state index contributed by atoms with van der Waals surface area (Å²) in [5.41, 5.74) is -2.20. The average molecular weight is 556 g/mol. The molecule has 0 saturated carbocycles. The van der Waals surface area contributed by atoms with E-state index in [1.54, 1.807) is 0 Å². The number of phenolic OH excluding ortho intramolecular Hbond substituents is 1. The van der Waals surface area contributed by atoms with Crippen LogP contribution >= 0.6 is 11.6 Å². The van der Waals surface area contributed by atoms with Crippen LogP contribution in [0.1, 0.15) is 23.2 Å². The first kappa shape index (κ1) is 26.4. The van der Waals surface area contributed by atoms with Crippen molar-refractivity contribution in [2.24, 2.45) is 5.41 Å². The van der Waals surface area contributed by atoms with E-state index < -0.39 is 34.4 Å². The third-order valence-electron chi connectivity index (χ3n) is 6.61. The van der Waals surface area contributed by atoms with E-state index in [4.69, 9.17) is 16.3 Å². The number of hydrogen-bond donors (Lipinski definition) is 2. The summed E-state index contributed by atoms with van der Waals surface area (Å²) in [6, 6.07) is 6.60. The average Bonchev–Trinajstić information content (AvgIpc) is 3.27. The molecule has 3 heterocycles. The molecule has 0 amide bonds. The number of aromatic nitrogens is 2. The topological polar surface area (TPSA) is 61.4 Å². The third kappa shape index (κ3) is 5.08. The van der Waals surface area contributed by atoms with E-state index in [1.807, 2.05) is 0 Å². The smallest absolute Gasteiger partial charge is 0.435 e. The number of hydrogen-bond acceptors (Lipinski definition) is 4. The fourth-order valence-electron chi connectivity index (χ4n) is 4.71. The van der Waals surface area contributed by atoms with Gasteiger partial charge in [-0.1, -0.05) is 29.5 Å². The van der Waals surface area contributed by atoms with Crippen molar-refractivity contribution in [1.29, 1.82) is 0 Å². The summed E-state index contributed by atoms with van der Waals surface area (Å²) in [4.78, 5) is 2.23. The van der Waals surface area contributed by atoms with Crippen LogP contribution in [0.4, 0.5) is 26.3 Å². The maximum Gasteiger partial charge on any atom is 0.435 e. The molecule has 2 fully saturated rings. The Labute approximate surface area is 218 Å². The molecule has 0 radical (unpaired) electrons. The highest BCUT2D eigenvalue weighted by Crippen LogP contribution is 2.44. The van der Waals surface area contributed by atoms with Gasteiger partial charge in [-0.25, -0.2) is 0 Å². The highest BCUT2D eigenvalue weighted by molar-refractivity contribution is 6.31. The minimum absolute atomic E-state index is 0.0457. The van der Waals surface area contributed by atoms with Gasteiger partial charge in [-0.2, -0.15) is 31.4 Å². The number of nitrogens with one attached hydrogen (secondary N) is 1. The lowest BCUT2D eigenvalue weighted by Gasteiger charge is -2.55. The Bertz CT molecular complexity index is 1430. The molecule has 2 aliphatic rings. The molecule has 5 nitrogen and oxygen atoms in total. The van der Waals surface area contributed by atoms with Gasteiger partial charge in [0.2, 0.25) is 0 Å². The van der Waals surface area contributed by atoms with Crippen molar-refractivity contribution >= 4 is 11.6 Å². The summed E-state index contributed by atoms with van der Waals surface area (Å²) in [6.07, 6.45) is -9.02. The second-order valence-corrected chi connectivity index (χ2v) is 9.90. The lowest BCUT2D eigenvalue weighted by molar-refractivity contribution is -0.188. The van der Waals surface area contributed by atoms with E-state index in [9.17, 15) is 31.4 Å². The number of phenols is 1. The second-order valence-electron chi connectivity index (χ2n) is 9.50. The van der Waals surface area contributed by atoms with E-state index in [2.05, 4.69) is 26.9 Å². The predicted octanol–water partition coefficient (Wildman–Crippen LogP) is 6.21. The molecule has 1 spiro atoms. The molecule has 1 aromatic heterocycles. The quantitative estimate of drug-likeness (QED) is 0.297. The number of likely N-dealkylation sites (tertiary alicyclic amines) is 1. The van der Waals surface area contributed by atoms with Crippen LogP contribution in [0.3, 0.4) is 0 Å². The number of halogens is 7. The standard InChI is InChI=1S/C26H20ClF6N3O2/c27-19-7-5-16(9-18(19)25(28,29)30)22-15(3-1-2-8-36-11-24(12-36)13-38-14-24)4-6-17(23(22)37)20-10-21(35-34-20)26(31,32)33/h4-7,9-10,37H,2,8,11-14H2,(H,34,35). The zero-order valence-electron chi connectivity index (χ0n) is 19.6. The number of ether oxygens (including phenoxy) is 1. The lowest BCUT2D eigenvalue weighted by atomic mass is 9.78. The van der Waals surface area contributed by atoms with Crippen molar-refractivity contribution in [2.45, 2.75) is 18.8 Å². The molecule has 5 rings (SSSR count). The maximum atomic E-state index is 13.5. The first-order valence-corrected chi connectivity index (χ1v) is 11.9. The van der Waals surface area contributed by atoms with Crippen LogP contribution in [0.2, 0.25) is 5.02 Å². The van der Waals surface area contributed by atoms with Crippen molar-refractivity contribution in [3.05, 3.63) is 58.2 Å². The summed E-state index contributed by atoms with van der Waals surface area (Å²) >= 11 is 5.76. The van der Waals surface area contributed by atoms with Gasteiger partial charge >= 0.3 is 12.4 Å². The Kier molecular flexibility index (Phi) is 6.62. The molecular formula is C26H20ClF6N3O2. The first-order chi connectivity index (χ1) is 17.9. The molecule has 0 unspecified atom stereocenters. The molecule has 0 aliphatic carbocycles. The number of nitrogens with zero attached hydrogens (tertiary/aromatic N) is 2. The van der Waals surface area contributed by atoms with Crippen LogP contribution in [0.15, 0.2) is 36.4 Å². The van der Waals surface area contributed by atoms with Gasteiger partial charge in [-0.3, -0.25) is 5.10 Å². The zero-order valence-corrected chi connectivity index (χ0v) is 20.4. The second kappa shape index (κ2) is 9.52. The van der Waals surface area contributed by atoms with Crippen LogP contribution in [0.25, 0.3) is 22.4 Å². The molecule has 2 saturated heterocycles. The third-order valence-corrected chi connectivity index (χ3v) is 6.94. The molecule has 12 heteroatoms. The lowest BCUT2D eigenvalue weighted by Crippen LogP contribution is -2.65. The summed E-state index contributed by atoms with van der Waals surface area (Å²) in [7, 11) is 0. The van der Waals surface area contributed by atoms with Crippen molar-refractivity contribution in [3.63, 3.8) is 0 Å². The minimum atomic E-state index is -4.77. The van der Waals surface area contributed by atoms with Crippen LogP contribution in [-0.4, -0.2) is 53.1 Å². The number of H-pyrrole nitrogens is 1. The molecular weight excluding hydrogens is 536 g/mol. The highest BCUT2D eigenvalue weighted by Gasteiger charge is 2.48. The molecule has 2 aromatic carbocycles. The van der Waals surface area contributed by atoms with Gasteiger partial charge in [0.15, 0.2) is 5.69 Å². The van der Waals surface area contributed by atoms with Crippen LogP contribution in [-0.2, 0) is 17.1 Å². The van der Waals surface area contributed by atoms with Crippen LogP contribution in [0, 0.1) is 17.3 Å². The van der Waals surface area contributed by atoms with Gasteiger partial charge < -0.3 is 14.7 Å². The largest absolute Gasteiger partial charge is 0.507 e. The number of aromatic amines is 1. The van der Waals surface area contributed by atoms with Crippen LogP contribution in [0.5, 0.6) is 5.75 Å². The Morgan fingerprint density at radius 2 is 1.79 bits per heavy atom. The monoisotopic (exact) mass is 555 g/mol. The Morgan fingerprint density at radius 3 is 2.39 bits per heavy atom. The fraction of sp³-hybridized carbons (Fsp3) is 0.346. The number of alkyl halides is 6. The van der Waals surface area contributed by atoms with Gasteiger partial charge in [0.1, 0.15) is 5.75 Å². The van der Waals surface area contributed by atoms with Gasteiger partial charge in [-0.05, 0) is 35.9 Å². The van der Waals surface area contributed by atoms with E-state index in [1.165, 1.54) is 18.2 Å².